The van der Waals surface area contributed by atoms with Crippen LogP contribution in [-0.2, 0) is 6.61 Å². The van der Waals surface area contributed by atoms with Crippen molar-refractivity contribution >= 4 is 0 Å². The van der Waals surface area contributed by atoms with Gasteiger partial charge in [-0.2, -0.15) is 0 Å². The minimum atomic E-state index is -0.748. The fourth-order valence-electron chi connectivity index (χ4n) is 2.04. The molecule has 2 rings (SSSR count). The third kappa shape index (κ3) is 2.92. The van der Waals surface area contributed by atoms with Gasteiger partial charge in [0.25, 0.3) is 0 Å². The van der Waals surface area contributed by atoms with Crippen LogP contribution in [0.25, 0.3) is 0 Å². The molecule has 0 aliphatic carbocycles. The number of ether oxygens (including phenoxy) is 2. The first-order chi connectivity index (χ1) is 9.69. The Morgan fingerprint density at radius 2 is 1.60 bits per heavy atom. The molecule has 4 heteroatoms. The largest absolute Gasteiger partial charge is 0.497 e. The summed E-state index contributed by atoms with van der Waals surface area (Å²) in [5, 5.41) is 19.6. The second kappa shape index (κ2) is 6.41. The van der Waals surface area contributed by atoms with E-state index in [0.29, 0.717) is 16.9 Å². The van der Waals surface area contributed by atoms with E-state index in [1.165, 1.54) is 7.11 Å². The molecule has 2 aromatic carbocycles. The first kappa shape index (κ1) is 14.4. The molecule has 106 valence electrons. The maximum atomic E-state index is 10.4. The molecule has 0 radical (unpaired) electrons. The van der Waals surface area contributed by atoms with Crippen LogP contribution in [0.5, 0.6) is 11.5 Å². The van der Waals surface area contributed by atoms with Gasteiger partial charge in [-0.15, -0.1) is 0 Å². The summed E-state index contributed by atoms with van der Waals surface area (Å²) < 4.78 is 10.3. The summed E-state index contributed by atoms with van der Waals surface area (Å²) in [6.07, 6.45) is -0.748. The molecule has 0 heterocycles. The van der Waals surface area contributed by atoms with Gasteiger partial charge in [0.05, 0.1) is 20.8 Å². The number of aliphatic hydroxyl groups is 2. The maximum absolute atomic E-state index is 10.4. The van der Waals surface area contributed by atoms with Crippen LogP contribution in [0.2, 0.25) is 0 Å². The summed E-state index contributed by atoms with van der Waals surface area (Å²) in [4.78, 5) is 0. The number of methoxy groups -OCH3 is 2. The average Bonchev–Trinajstić information content (AvgIpc) is 2.53. The van der Waals surface area contributed by atoms with Gasteiger partial charge in [-0.05, 0) is 29.3 Å². The SMILES string of the molecule is COc1ccc(C(O)c2ccc(CO)c(OC)c2)cc1. The Hall–Kier alpha value is -2.04. The normalized spacial score (nSPS) is 12.0. The van der Waals surface area contributed by atoms with Crippen molar-refractivity contribution < 1.29 is 19.7 Å². The standard InChI is InChI=1S/C16H18O4/c1-19-14-7-5-11(6-8-14)16(18)12-3-4-13(10-17)15(9-12)20-2/h3-9,16-18H,10H2,1-2H3. The second-order valence-corrected chi connectivity index (χ2v) is 4.41. The highest BCUT2D eigenvalue weighted by Crippen LogP contribution is 2.28. The molecule has 1 atom stereocenters. The summed E-state index contributed by atoms with van der Waals surface area (Å²) >= 11 is 0. The molecule has 0 saturated carbocycles. The van der Waals surface area contributed by atoms with Crippen molar-refractivity contribution in [2.45, 2.75) is 12.7 Å². The van der Waals surface area contributed by atoms with E-state index >= 15 is 0 Å². The van der Waals surface area contributed by atoms with E-state index in [1.807, 2.05) is 12.1 Å². The Balaban J connectivity index is 2.29. The fraction of sp³-hybridized carbons (Fsp3) is 0.250. The maximum Gasteiger partial charge on any atom is 0.124 e. The van der Waals surface area contributed by atoms with Crippen molar-refractivity contribution in [3.05, 3.63) is 59.2 Å². The number of aliphatic hydroxyl groups excluding tert-OH is 2. The fourth-order valence-corrected chi connectivity index (χ4v) is 2.04. The number of hydrogen-bond donors (Lipinski definition) is 2. The zero-order valence-electron chi connectivity index (χ0n) is 11.5. The first-order valence-corrected chi connectivity index (χ1v) is 6.29. The molecule has 20 heavy (non-hydrogen) atoms. The Kier molecular flexibility index (Phi) is 4.61. The Labute approximate surface area is 118 Å². The first-order valence-electron chi connectivity index (χ1n) is 6.29. The van der Waals surface area contributed by atoms with Crippen LogP contribution in [-0.4, -0.2) is 24.4 Å². The zero-order chi connectivity index (χ0) is 14.5. The van der Waals surface area contributed by atoms with Crippen molar-refractivity contribution in [2.75, 3.05) is 14.2 Å². The smallest absolute Gasteiger partial charge is 0.124 e. The number of rotatable bonds is 5. The molecule has 2 aromatic rings. The van der Waals surface area contributed by atoms with Gasteiger partial charge in [0, 0.05) is 5.56 Å². The lowest BCUT2D eigenvalue weighted by molar-refractivity contribution is 0.219. The van der Waals surface area contributed by atoms with Gasteiger partial charge in [0.1, 0.15) is 17.6 Å². The molecule has 1 unspecified atom stereocenters. The molecule has 0 bridgehead atoms. The lowest BCUT2D eigenvalue weighted by Gasteiger charge is -2.14. The van der Waals surface area contributed by atoms with E-state index in [0.717, 1.165) is 11.3 Å². The van der Waals surface area contributed by atoms with Gasteiger partial charge in [0.2, 0.25) is 0 Å². The van der Waals surface area contributed by atoms with Crippen LogP contribution in [0.3, 0.4) is 0 Å². The van der Waals surface area contributed by atoms with Crippen LogP contribution in [0.15, 0.2) is 42.5 Å². The van der Waals surface area contributed by atoms with Crippen molar-refractivity contribution in [2.24, 2.45) is 0 Å². The van der Waals surface area contributed by atoms with Gasteiger partial charge in [-0.25, -0.2) is 0 Å². The molecule has 0 aliphatic rings. The second-order valence-electron chi connectivity index (χ2n) is 4.41. The minimum Gasteiger partial charge on any atom is -0.497 e. The highest BCUT2D eigenvalue weighted by molar-refractivity contribution is 5.41. The molecule has 0 saturated heterocycles. The summed E-state index contributed by atoms with van der Waals surface area (Å²) in [6, 6.07) is 12.5. The Bertz CT molecular complexity index is 563. The average molecular weight is 274 g/mol. The lowest BCUT2D eigenvalue weighted by atomic mass is 10.00. The molecule has 0 spiro atoms. The van der Waals surface area contributed by atoms with Crippen molar-refractivity contribution in [1.29, 1.82) is 0 Å². The molecular formula is C16H18O4. The predicted molar refractivity (Wildman–Crippen MR) is 76.0 cm³/mol. The Morgan fingerprint density at radius 3 is 2.15 bits per heavy atom. The third-order valence-corrected chi connectivity index (χ3v) is 3.23. The molecule has 0 aromatic heterocycles. The molecule has 0 fully saturated rings. The van der Waals surface area contributed by atoms with E-state index in [1.54, 1.807) is 37.4 Å². The third-order valence-electron chi connectivity index (χ3n) is 3.23. The minimum absolute atomic E-state index is 0.0952. The van der Waals surface area contributed by atoms with Crippen LogP contribution >= 0.6 is 0 Å². The van der Waals surface area contributed by atoms with Crippen molar-refractivity contribution in [1.82, 2.24) is 0 Å². The van der Waals surface area contributed by atoms with Gasteiger partial charge >= 0.3 is 0 Å². The van der Waals surface area contributed by atoms with Gasteiger partial charge < -0.3 is 19.7 Å². The van der Waals surface area contributed by atoms with E-state index < -0.39 is 6.10 Å². The van der Waals surface area contributed by atoms with Crippen molar-refractivity contribution in [3.63, 3.8) is 0 Å². The highest BCUT2D eigenvalue weighted by Gasteiger charge is 2.13. The van der Waals surface area contributed by atoms with E-state index in [2.05, 4.69) is 0 Å². The zero-order valence-corrected chi connectivity index (χ0v) is 11.5. The monoisotopic (exact) mass is 274 g/mol. The summed E-state index contributed by atoms with van der Waals surface area (Å²) in [6.45, 7) is -0.0952. The summed E-state index contributed by atoms with van der Waals surface area (Å²) in [5.74, 6) is 1.31. The van der Waals surface area contributed by atoms with E-state index in [4.69, 9.17) is 9.47 Å². The molecular weight excluding hydrogens is 256 g/mol. The van der Waals surface area contributed by atoms with Gasteiger partial charge in [-0.1, -0.05) is 24.3 Å². The predicted octanol–water partition coefficient (Wildman–Crippen LogP) is 2.28. The Morgan fingerprint density at radius 1 is 0.950 bits per heavy atom. The number of hydrogen-bond acceptors (Lipinski definition) is 4. The topological polar surface area (TPSA) is 58.9 Å². The molecule has 4 nitrogen and oxygen atoms in total. The lowest BCUT2D eigenvalue weighted by Crippen LogP contribution is -2.01. The summed E-state index contributed by atoms with van der Waals surface area (Å²) in [7, 11) is 3.14. The van der Waals surface area contributed by atoms with E-state index in [-0.39, 0.29) is 6.61 Å². The quantitative estimate of drug-likeness (QED) is 0.878. The highest BCUT2D eigenvalue weighted by atomic mass is 16.5. The van der Waals surface area contributed by atoms with E-state index in [9.17, 15) is 10.2 Å². The van der Waals surface area contributed by atoms with Crippen LogP contribution in [0.1, 0.15) is 22.8 Å². The van der Waals surface area contributed by atoms with Gasteiger partial charge in [-0.3, -0.25) is 0 Å². The molecule has 0 amide bonds. The number of benzene rings is 2. The van der Waals surface area contributed by atoms with Crippen LogP contribution in [0, 0.1) is 0 Å². The van der Waals surface area contributed by atoms with Gasteiger partial charge in [0.15, 0.2) is 0 Å². The van der Waals surface area contributed by atoms with Crippen LogP contribution < -0.4 is 9.47 Å². The van der Waals surface area contributed by atoms with Crippen molar-refractivity contribution in [3.8, 4) is 11.5 Å². The summed E-state index contributed by atoms with van der Waals surface area (Å²) in [5.41, 5.74) is 2.17. The van der Waals surface area contributed by atoms with Crippen LogP contribution in [0.4, 0.5) is 0 Å². The molecule has 2 N–H and O–H groups in total. The molecule has 0 aliphatic heterocycles.